The van der Waals surface area contributed by atoms with E-state index in [0.717, 1.165) is 18.9 Å². The van der Waals surface area contributed by atoms with Crippen LogP contribution in [0.15, 0.2) is 29.0 Å². The molecule has 2 fully saturated rings. The number of hydrogen-bond donors (Lipinski definition) is 2. The molecule has 2 aromatic rings. The predicted octanol–water partition coefficient (Wildman–Crippen LogP) is 3.88. The number of carbonyl (C=O) groups excluding carboxylic acids is 1. The fraction of sp³-hybridized carbons (Fsp3) is 0.480. The second-order valence-electron chi connectivity index (χ2n) is 10.8. The average Bonchev–Trinajstić information content (AvgIpc) is 3.53. The van der Waals surface area contributed by atoms with Crippen molar-refractivity contribution in [2.24, 2.45) is 5.41 Å². The number of aromatic carboxylic acids is 1. The van der Waals surface area contributed by atoms with Gasteiger partial charge in [-0.3, -0.25) is 15.1 Å². The van der Waals surface area contributed by atoms with Crippen LogP contribution in [0.25, 0.3) is 10.9 Å². The number of rotatable bonds is 5. The van der Waals surface area contributed by atoms with Crippen LogP contribution in [0.4, 0.5) is 14.9 Å². The van der Waals surface area contributed by atoms with E-state index in [4.69, 9.17) is 21.2 Å². The summed E-state index contributed by atoms with van der Waals surface area (Å²) in [7, 11) is 1.46. The van der Waals surface area contributed by atoms with Crippen LogP contribution in [0, 0.1) is 11.2 Å². The lowest BCUT2D eigenvalue weighted by atomic mass is 9.78. The van der Waals surface area contributed by atoms with Gasteiger partial charge in [0.15, 0.2) is 0 Å². The minimum absolute atomic E-state index is 0.0165. The molecule has 3 aliphatic rings. The molecule has 1 spiro atoms. The van der Waals surface area contributed by atoms with Gasteiger partial charge in [0.25, 0.3) is 0 Å². The molecule has 0 unspecified atom stereocenters. The number of amides is 1. The first-order valence-electron chi connectivity index (χ1n) is 11.9. The lowest BCUT2D eigenvalue weighted by Gasteiger charge is -2.49. The Morgan fingerprint density at radius 2 is 1.92 bits per heavy atom. The topological polar surface area (TPSA) is 113 Å². The second kappa shape index (κ2) is 8.63. The first-order valence-corrected chi connectivity index (χ1v) is 12.3. The largest absolute Gasteiger partial charge is 0.477 e. The van der Waals surface area contributed by atoms with Crippen LogP contribution < -0.4 is 15.8 Å². The van der Waals surface area contributed by atoms with E-state index in [1.165, 1.54) is 13.3 Å². The van der Waals surface area contributed by atoms with Crippen LogP contribution >= 0.6 is 11.6 Å². The first-order chi connectivity index (χ1) is 17.3. The van der Waals surface area contributed by atoms with E-state index >= 15 is 4.39 Å². The third-order valence-electron chi connectivity index (χ3n) is 6.82. The fourth-order valence-electron chi connectivity index (χ4n) is 5.04. The van der Waals surface area contributed by atoms with Crippen molar-refractivity contribution in [2.75, 3.05) is 31.6 Å². The molecule has 37 heavy (non-hydrogen) atoms. The molecule has 3 heterocycles. The Kier molecular flexibility index (Phi) is 5.91. The first kappa shape index (κ1) is 25.3. The van der Waals surface area contributed by atoms with Crippen molar-refractivity contribution in [2.45, 2.75) is 45.3 Å². The van der Waals surface area contributed by atoms with Crippen molar-refractivity contribution in [3.05, 3.63) is 50.8 Å². The standard InChI is InChI=1S/C25H28ClFN4O6/c1-24(2,3)37-23(35)30-11-25(12-30)10-29(9-17(25)28-36-4)20-16(27)7-14-19(18(20)26)31(13-5-6-13)8-15(21(14)32)22(33)34/h7-9,13,28H,5-6,10-12H2,1-4H3,(H,33,34). The second-order valence-corrected chi connectivity index (χ2v) is 11.2. The van der Waals surface area contributed by atoms with Gasteiger partial charge in [-0.15, -0.1) is 0 Å². The predicted molar refractivity (Wildman–Crippen MR) is 134 cm³/mol. The number of benzene rings is 1. The maximum atomic E-state index is 15.6. The Morgan fingerprint density at radius 3 is 2.49 bits per heavy atom. The van der Waals surface area contributed by atoms with Gasteiger partial charge < -0.3 is 24.2 Å². The summed E-state index contributed by atoms with van der Waals surface area (Å²) in [6, 6.07) is 1.04. The summed E-state index contributed by atoms with van der Waals surface area (Å²) in [4.78, 5) is 45.4. The van der Waals surface area contributed by atoms with E-state index in [1.54, 1.807) is 41.3 Å². The number of aromatic nitrogens is 1. The molecule has 2 N–H and O–H groups in total. The molecular weight excluding hydrogens is 507 g/mol. The molecule has 1 aromatic heterocycles. The molecule has 1 amide bonds. The Morgan fingerprint density at radius 1 is 1.24 bits per heavy atom. The molecule has 0 radical (unpaired) electrons. The highest BCUT2D eigenvalue weighted by Gasteiger charge is 2.54. The van der Waals surface area contributed by atoms with Crippen LogP contribution in [0.1, 0.15) is 50.0 Å². The van der Waals surface area contributed by atoms with Gasteiger partial charge >= 0.3 is 12.1 Å². The molecule has 1 saturated carbocycles. The van der Waals surface area contributed by atoms with E-state index in [9.17, 15) is 19.5 Å². The number of carboxylic acids is 1. The minimum Gasteiger partial charge on any atom is -0.477 e. The van der Waals surface area contributed by atoms with Crippen molar-refractivity contribution in [1.82, 2.24) is 14.9 Å². The number of nitrogens with one attached hydrogen (secondary N) is 1. The van der Waals surface area contributed by atoms with Crippen molar-refractivity contribution in [1.29, 1.82) is 0 Å². The molecule has 1 aromatic carbocycles. The Hall–Kier alpha value is -3.31. The minimum atomic E-state index is -1.37. The summed E-state index contributed by atoms with van der Waals surface area (Å²) in [6.45, 7) is 6.31. The van der Waals surface area contributed by atoms with Crippen molar-refractivity contribution < 1.29 is 28.7 Å². The Labute approximate surface area is 217 Å². The highest BCUT2D eigenvalue weighted by molar-refractivity contribution is 6.38. The van der Waals surface area contributed by atoms with Crippen LogP contribution in [0.2, 0.25) is 5.02 Å². The normalized spacial score (nSPS) is 18.7. The molecule has 10 nitrogen and oxygen atoms in total. The Balaban J connectivity index is 1.54. The van der Waals surface area contributed by atoms with Crippen LogP contribution in [0.3, 0.4) is 0 Å². The molecule has 5 rings (SSSR count). The zero-order valence-electron chi connectivity index (χ0n) is 20.9. The van der Waals surface area contributed by atoms with Gasteiger partial charge in [0.05, 0.1) is 39.8 Å². The van der Waals surface area contributed by atoms with E-state index in [0.29, 0.717) is 30.8 Å². The zero-order valence-corrected chi connectivity index (χ0v) is 21.7. The van der Waals surface area contributed by atoms with Gasteiger partial charge in [-0.25, -0.2) is 14.0 Å². The number of fused-ring (bicyclic) bond motifs is 1. The number of pyridine rings is 1. The van der Waals surface area contributed by atoms with Gasteiger partial charge in [0, 0.05) is 38.1 Å². The number of halogens is 2. The molecule has 12 heteroatoms. The summed E-state index contributed by atoms with van der Waals surface area (Å²) in [5.41, 5.74) is 1.44. The summed E-state index contributed by atoms with van der Waals surface area (Å²) in [5, 5.41) is 9.44. The maximum Gasteiger partial charge on any atom is 0.410 e. The number of hydroxylamine groups is 1. The average molecular weight is 535 g/mol. The van der Waals surface area contributed by atoms with E-state index in [-0.39, 0.29) is 22.1 Å². The monoisotopic (exact) mass is 534 g/mol. The third kappa shape index (κ3) is 4.29. The summed E-state index contributed by atoms with van der Waals surface area (Å²) < 4.78 is 22.7. The van der Waals surface area contributed by atoms with Gasteiger partial charge in [-0.05, 0) is 39.7 Å². The SMILES string of the molecule is CONC1=CN(c2c(F)cc3c(=O)c(C(=O)O)cn(C4CC4)c3c2Cl)CC12CN(C(=O)OC(C)(C)C)C2. The molecule has 2 aliphatic heterocycles. The summed E-state index contributed by atoms with van der Waals surface area (Å²) >= 11 is 6.78. The van der Waals surface area contributed by atoms with E-state index in [1.807, 2.05) is 0 Å². The highest BCUT2D eigenvalue weighted by atomic mass is 35.5. The fourth-order valence-corrected chi connectivity index (χ4v) is 5.43. The van der Waals surface area contributed by atoms with Crippen molar-refractivity contribution in [3.63, 3.8) is 0 Å². The zero-order chi connectivity index (χ0) is 26.9. The van der Waals surface area contributed by atoms with Crippen LogP contribution in [-0.2, 0) is 9.57 Å². The quantitative estimate of drug-likeness (QED) is 0.556. The van der Waals surface area contributed by atoms with Gasteiger partial charge in [-0.2, -0.15) is 0 Å². The molecule has 198 valence electrons. The third-order valence-corrected chi connectivity index (χ3v) is 7.18. The van der Waals surface area contributed by atoms with E-state index in [2.05, 4.69) is 5.48 Å². The van der Waals surface area contributed by atoms with Gasteiger partial charge in [0.2, 0.25) is 5.43 Å². The number of ether oxygens (including phenoxy) is 1. The molecule has 1 aliphatic carbocycles. The number of carbonyl (C=O) groups is 2. The number of hydrogen-bond acceptors (Lipinski definition) is 7. The molecular formula is C25H28ClFN4O6. The van der Waals surface area contributed by atoms with Crippen molar-refractivity contribution >= 4 is 40.3 Å². The van der Waals surface area contributed by atoms with Crippen LogP contribution in [-0.4, -0.2) is 59.0 Å². The van der Waals surface area contributed by atoms with Crippen molar-refractivity contribution in [3.8, 4) is 0 Å². The lowest BCUT2D eigenvalue weighted by Crippen LogP contribution is -2.62. The number of likely N-dealkylation sites (tertiary alicyclic amines) is 1. The molecule has 1 saturated heterocycles. The number of carboxylic acid groups (broad SMARTS) is 1. The maximum absolute atomic E-state index is 15.6. The Bertz CT molecular complexity index is 1400. The van der Waals surface area contributed by atoms with E-state index < -0.39 is 39.9 Å². The van der Waals surface area contributed by atoms with Gasteiger partial charge in [0.1, 0.15) is 17.0 Å². The lowest BCUT2D eigenvalue weighted by molar-refractivity contribution is -0.0266. The smallest absolute Gasteiger partial charge is 0.410 e. The summed E-state index contributed by atoms with van der Waals surface area (Å²) in [5.74, 6) is -2.13. The van der Waals surface area contributed by atoms with Gasteiger partial charge in [-0.1, -0.05) is 11.6 Å². The molecule has 0 atom stereocenters. The highest BCUT2D eigenvalue weighted by Crippen LogP contribution is 2.47. The molecule has 0 bridgehead atoms. The summed E-state index contributed by atoms with van der Waals surface area (Å²) in [6.07, 6.45) is 4.13. The number of anilines is 1. The van der Waals surface area contributed by atoms with Crippen LogP contribution in [0.5, 0.6) is 0 Å². The number of nitrogens with zero attached hydrogens (tertiary/aromatic N) is 3.